The number of aromatic nitrogens is 1. The zero-order valence-corrected chi connectivity index (χ0v) is 10.9. The minimum atomic E-state index is -0.763. The highest BCUT2D eigenvalue weighted by Crippen LogP contribution is 2.06. The molecule has 1 saturated heterocycles. The highest BCUT2D eigenvalue weighted by Gasteiger charge is 2.28. The van der Waals surface area contributed by atoms with Crippen LogP contribution in [0.2, 0.25) is 0 Å². The number of nitrogens with two attached hydrogens (primary N) is 1. The molecule has 1 aliphatic heterocycles. The molecule has 0 radical (unpaired) electrons. The molecule has 0 spiro atoms. The lowest BCUT2D eigenvalue weighted by atomic mass is 10.1. The van der Waals surface area contributed by atoms with Gasteiger partial charge in [0.25, 0.3) is 5.91 Å². The standard InChI is InChI=1S/C12H13N5O4/c13-10(17-21)6-1-2-7(14-5-6)11(19)15-8-3-4-9(18)16-12(8)20/h1-2,5,8,21H,3-4H2,(H2,13,17)(H,15,19)(H,16,18,20). The summed E-state index contributed by atoms with van der Waals surface area (Å²) in [7, 11) is 0. The van der Waals surface area contributed by atoms with Crippen LogP contribution in [0.5, 0.6) is 0 Å². The van der Waals surface area contributed by atoms with Gasteiger partial charge in [0.05, 0.1) is 0 Å². The summed E-state index contributed by atoms with van der Waals surface area (Å²) in [4.78, 5) is 38.3. The normalized spacial score (nSPS) is 19.0. The van der Waals surface area contributed by atoms with Gasteiger partial charge in [0.2, 0.25) is 11.8 Å². The number of hydrogen-bond acceptors (Lipinski definition) is 6. The molecule has 0 saturated carbocycles. The second-order valence-electron chi connectivity index (χ2n) is 4.39. The zero-order chi connectivity index (χ0) is 15.4. The van der Waals surface area contributed by atoms with Crippen LogP contribution in [-0.2, 0) is 9.59 Å². The van der Waals surface area contributed by atoms with Gasteiger partial charge >= 0.3 is 0 Å². The van der Waals surface area contributed by atoms with Crippen molar-refractivity contribution in [3.63, 3.8) is 0 Å². The number of oxime groups is 1. The molecular formula is C12H13N5O4. The fourth-order valence-electron chi connectivity index (χ4n) is 1.80. The summed E-state index contributed by atoms with van der Waals surface area (Å²) in [5, 5.41) is 16.0. The van der Waals surface area contributed by atoms with Gasteiger partial charge in [-0.25, -0.2) is 0 Å². The van der Waals surface area contributed by atoms with E-state index in [1.807, 2.05) is 0 Å². The lowest BCUT2D eigenvalue weighted by Crippen LogP contribution is -2.52. The first-order valence-corrected chi connectivity index (χ1v) is 6.09. The number of nitrogens with one attached hydrogen (secondary N) is 2. The lowest BCUT2D eigenvalue weighted by Gasteiger charge is -2.21. The Balaban J connectivity index is 2.03. The minimum Gasteiger partial charge on any atom is -0.409 e. The number of piperidine rings is 1. The largest absolute Gasteiger partial charge is 0.409 e. The number of pyridine rings is 1. The molecule has 1 aromatic heterocycles. The van der Waals surface area contributed by atoms with Crippen molar-refractivity contribution < 1.29 is 19.6 Å². The molecule has 0 aromatic carbocycles. The van der Waals surface area contributed by atoms with Gasteiger partial charge in [-0.05, 0) is 18.6 Å². The van der Waals surface area contributed by atoms with Crippen molar-refractivity contribution in [3.05, 3.63) is 29.6 Å². The van der Waals surface area contributed by atoms with Gasteiger partial charge in [0.15, 0.2) is 5.84 Å². The number of carbonyl (C=O) groups excluding carboxylic acids is 3. The highest BCUT2D eigenvalue weighted by atomic mass is 16.4. The molecule has 110 valence electrons. The molecule has 1 unspecified atom stereocenters. The summed E-state index contributed by atoms with van der Waals surface area (Å²) in [6.07, 6.45) is 1.69. The van der Waals surface area contributed by atoms with Gasteiger partial charge in [-0.1, -0.05) is 5.16 Å². The van der Waals surface area contributed by atoms with E-state index in [1.165, 1.54) is 18.3 Å². The van der Waals surface area contributed by atoms with Crippen molar-refractivity contribution >= 4 is 23.6 Å². The molecule has 5 N–H and O–H groups in total. The Kier molecular flexibility index (Phi) is 4.12. The third-order valence-electron chi connectivity index (χ3n) is 2.94. The molecule has 21 heavy (non-hydrogen) atoms. The Labute approximate surface area is 119 Å². The summed E-state index contributed by atoms with van der Waals surface area (Å²) >= 11 is 0. The molecule has 3 amide bonds. The molecule has 1 aliphatic rings. The van der Waals surface area contributed by atoms with Crippen molar-refractivity contribution in [2.45, 2.75) is 18.9 Å². The fraction of sp³-hybridized carbons (Fsp3) is 0.250. The minimum absolute atomic E-state index is 0.0780. The van der Waals surface area contributed by atoms with Crippen LogP contribution in [0.25, 0.3) is 0 Å². The Morgan fingerprint density at radius 3 is 2.81 bits per heavy atom. The number of amides is 3. The maximum Gasteiger partial charge on any atom is 0.270 e. The number of nitrogens with zero attached hydrogens (tertiary/aromatic N) is 2. The summed E-state index contributed by atoms with van der Waals surface area (Å²) in [6, 6.07) is 2.08. The predicted octanol–water partition coefficient (Wildman–Crippen LogP) is -1.29. The van der Waals surface area contributed by atoms with E-state index in [0.717, 1.165) is 0 Å². The number of carbonyl (C=O) groups is 3. The van der Waals surface area contributed by atoms with Gasteiger partial charge < -0.3 is 16.3 Å². The quantitative estimate of drug-likeness (QED) is 0.179. The SMILES string of the molecule is NC(=NO)c1ccc(C(=O)NC2CCC(=O)NC2=O)nc1. The van der Waals surface area contributed by atoms with Crippen molar-refractivity contribution in [2.24, 2.45) is 10.9 Å². The number of imide groups is 1. The monoisotopic (exact) mass is 291 g/mol. The molecule has 9 nitrogen and oxygen atoms in total. The van der Waals surface area contributed by atoms with Crippen molar-refractivity contribution in [1.29, 1.82) is 0 Å². The molecule has 1 atom stereocenters. The van der Waals surface area contributed by atoms with Crippen molar-refractivity contribution in [2.75, 3.05) is 0 Å². The smallest absolute Gasteiger partial charge is 0.270 e. The molecule has 2 rings (SSSR count). The Hall–Kier alpha value is -2.97. The Morgan fingerprint density at radius 2 is 2.24 bits per heavy atom. The lowest BCUT2D eigenvalue weighted by molar-refractivity contribution is -0.134. The topological polar surface area (TPSA) is 147 Å². The second-order valence-corrected chi connectivity index (χ2v) is 4.39. The van der Waals surface area contributed by atoms with Crippen LogP contribution >= 0.6 is 0 Å². The van der Waals surface area contributed by atoms with E-state index in [9.17, 15) is 14.4 Å². The first kappa shape index (κ1) is 14.4. The second kappa shape index (κ2) is 5.99. The van der Waals surface area contributed by atoms with E-state index < -0.39 is 17.9 Å². The molecule has 2 heterocycles. The highest BCUT2D eigenvalue weighted by molar-refractivity contribution is 6.03. The number of amidine groups is 1. The number of rotatable bonds is 3. The summed E-state index contributed by atoms with van der Waals surface area (Å²) in [5.41, 5.74) is 5.81. The summed E-state index contributed by atoms with van der Waals surface area (Å²) in [6.45, 7) is 0. The average molecular weight is 291 g/mol. The first-order valence-electron chi connectivity index (χ1n) is 6.09. The van der Waals surface area contributed by atoms with Crippen LogP contribution in [0.4, 0.5) is 0 Å². The third-order valence-corrected chi connectivity index (χ3v) is 2.94. The van der Waals surface area contributed by atoms with E-state index in [2.05, 4.69) is 20.8 Å². The van der Waals surface area contributed by atoms with E-state index >= 15 is 0 Å². The van der Waals surface area contributed by atoms with Crippen LogP contribution in [0.1, 0.15) is 28.9 Å². The zero-order valence-electron chi connectivity index (χ0n) is 10.9. The van der Waals surface area contributed by atoms with E-state index in [-0.39, 0.29) is 30.3 Å². The van der Waals surface area contributed by atoms with E-state index in [0.29, 0.717) is 5.56 Å². The molecule has 1 aromatic rings. The van der Waals surface area contributed by atoms with E-state index in [4.69, 9.17) is 10.9 Å². The van der Waals surface area contributed by atoms with Crippen LogP contribution in [0.3, 0.4) is 0 Å². The number of hydrogen-bond donors (Lipinski definition) is 4. The van der Waals surface area contributed by atoms with Gasteiger partial charge in [-0.2, -0.15) is 0 Å². The summed E-state index contributed by atoms with van der Waals surface area (Å²) < 4.78 is 0. The maximum atomic E-state index is 11.9. The first-order chi connectivity index (χ1) is 10.0. The van der Waals surface area contributed by atoms with Gasteiger partial charge in [-0.15, -0.1) is 0 Å². The van der Waals surface area contributed by atoms with Gasteiger partial charge in [0, 0.05) is 18.2 Å². The predicted molar refractivity (Wildman–Crippen MR) is 70.4 cm³/mol. The molecule has 1 fully saturated rings. The van der Waals surface area contributed by atoms with Crippen molar-refractivity contribution in [3.8, 4) is 0 Å². The fourth-order valence-corrected chi connectivity index (χ4v) is 1.80. The Bertz CT molecular complexity index is 611. The molecule has 9 heteroatoms. The molecular weight excluding hydrogens is 278 g/mol. The van der Waals surface area contributed by atoms with Crippen LogP contribution in [0.15, 0.2) is 23.5 Å². The maximum absolute atomic E-state index is 11.9. The van der Waals surface area contributed by atoms with Crippen molar-refractivity contribution in [1.82, 2.24) is 15.6 Å². The van der Waals surface area contributed by atoms with Crippen LogP contribution in [0, 0.1) is 0 Å². The molecule has 0 bridgehead atoms. The average Bonchev–Trinajstić information content (AvgIpc) is 2.49. The molecule has 0 aliphatic carbocycles. The van der Waals surface area contributed by atoms with Crippen LogP contribution in [-0.4, -0.2) is 39.8 Å². The Morgan fingerprint density at radius 1 is 1.48 bits per heavy atom. The third kappa shape index (κ3) is 3.32. The van der Waals surface area contributed by atoms with E-state index in [1.54, 1.807) is 0 Å². The summed E-state index contributed by atoms with van der Waals surface area (Å²) in [5.74, 6) is -1.56. The van der Waals surface area contributed by atoms with Crippen LogP contribution < -0.4 is 16.4 Å². The van der Waals surface area contributed by atoms with Gasteiger partial charge in [0.1, 0.15) is 11.7 Å². The van der Waals surface area contributed by atoms with Gasteiger partial charge in [-0.3, -0.25) is 24.7 Å².